The fraction of sp³-hybridized carbons (Fsp3) is 0.200. The minimum atomic E-state index is 0.733. The van der Waals surface area contributed by atoms with Crippen molar-refractivity contribution < 1.29 is 0 Å². The number of aromatic nitrogens is 1. The fourth-order valence-electron chi connectivity index (χ4n) is 1.63. The summed E-state index contributed by atoms with van der Waals surface area (Å²) in [6.45, 7) is 2.00. The van der Waals surface area contributed by atoms with E-state index in [1.165, 1.54) is 0 Å². The Balaban J connectivity index is 2.99. The van der Waals surface area contributed by atoms with Crippen molar-refractivity contribution in [2.45, 2.75) is 6.92 Å². The number of nitrogen functional groups attached to an aromatic ring is 1. The van der Waals surface area contributed by atoms with E-state index in [1.54, 1.807) is 6.07 Å². The largest absolute Gasteiger partial charge is 0.397 e. The topological polar surface area (TPSA) is 30.9 Å². The van der Waals surface area contributed by atoms with E-state index in [0.29, 0.717) is 0 Å². The zero-order chi connectivity index (χ0) is 9.59. The molecule has 13 heavy (non-hydrogen) atoms. The Bertz CT molecular complexity index is 471. The number of nitrogens with zero attached hydrogens (tertiary/aromatic N) is 1. The Kier molecular flexibility index (Phi) is 1.74. The van der Waals surface area contributed by atoms with Gasteiger partial charge in [-0.25, -0.2) is 0 Å². The van der Waals surface area contributed by atoms with Crippen LogP contribution in [0, 0.1) is 6.92 Å². The molecule has 0 saturated carbocycles. The summed E-state index contributed by atoms with van der Waals surface area (Å²) in [6.07, 6.45) is 1.99. The van der Waals surface area contributed by atoms with Gasteiger partial charge in [0, 0.05) is 23.7 Å². The molecule has 0 aliphatic rings. The molecule has 68 valence electrons. The van der Waals surface area contributed by atoms with E-state index in [2.05, 4.69) is 0 Å². The number of aryl methyl sites for hydroxylation is 2. The third-order valence-electron chi connectivity index (χ3n) is 2.39. The first-order chi connectivity index (χ1) is 6.11. The fourth-order valence-corrected chi connectivity index (χ4v) is 1.85. The van der Waals surface area contributed by atoms with Gasteiger partial charge in [0.1, 0.15) is 0 Å². The van der Waals surface area contributed by atoms with Crippen molar-refractivity contribution in [1.82, 2.24) is 4.57 Å². The Morgan fingerprint density at radius 3 is 2.85 bits per heavy atom. The number of rotatable bonds is 0. The lowest BCUT2D eigenvalue weighted by molar-refractivity contribution is 0.970. The predicted molar refractivity (Wildman–Crippen MR) is 57.1 cm³/mol. The highest BCUT2D eigenvalue weighted by molar-refractivity contribution is 6.32. The molecule has 2 aromatic rings. The monoisotopic (exact) mass is 194 g/mol. The summed E-state index contributed by atoms with van der Waals surface area (Å²) in [5.41, 5.74) is 8.75. The average Bonchev–Trinajstić information content (AvgIpc) is 2.44. The molecule has 3 heteroatoms. The number of fused-ring (bicyclic) bond motifs is 1. The second kappa shape index (κ2) is 2.67. The van der Waals surface area contributed by atoms with Gasteiger partial charge < -0.3 is 10.3 Å². The van der Waals surface area contributed by atoms with Gasteiger partial charge >= 0.3 is 0 Å². The molecular formula is C10H11ClN2. The molecular weight excluding hydrogens is 184 g/mol. The molecule has 0 saturated heterocycles. The zero-order valence-corrected chi connectivity index (χ0v) is 8.39. The van der Waals surface area contributed by atoms with Gasteiger partial charge in [0.2, 0.25) is 0 Å². The first kappa shape index (κ1) is 8.45. The molecule has 1 aromatic carbocycles. The molecule has 0 aliphatic heterocycles. The van der Waals surface area contributed by atoms with Crippen molar-refractivity contribution in [3.05, 3.63) is 28.9 Å². The molecule has 2 rings (SSSR count). The van der Waals surface area contributed by atoms with Crippen LogP contribution < -0.4 is 5.73 Å². The van der Waals surface area contributed by atoms with Crippen LogP contribution in [-0.2, 0) is 7.05 Å². The minimum Gasteiger partial charge on any atom is -0.397 e. The summed E-state index contributed by atoms with van der Waals surface area (Å²) in [6, 6.07) is 3.84. The Hall–Kier alpha value is -1.15. The van der Waals surface area contributed by atoms with E-state index in [9.17, 15) is 0 Å². The Morgan fingerprint density at radius 2 is 2.15 bits per heavy atom. The van der Waals surface area contributed by atoms with Crippen molar-refractivity contribution in [2.24, 2.45) is 7.05 Å². The molecule has 0 spiro atoms. The molecule has 0 aliphatic carbocycles. The zero-order valence-electron chi connectivity index (χ0n) is 7.63. The summed E-state index contributed by atoms with van der Waals surface area (Å²) in [5, 5.41) is 1.86. The summed E-state index contributed by atoms with van der Waals surface area (Å²) in [7, 11) is 1.98. The second-order valence-electron chi connectivity index (χ2n) is 3.26. The highest BCUT2D eigenvalue weighted by atomic mass is 35.5. The van der Waals surface area contributed by atoms with E-state index >= 15 is 0 Å². The first-order valence-electron chi connectivity index (χ1n) is 4.11. The lowest BCUT2D eigenvalue weighted by atomic mass is 10.1. The second-order valence-corrected chi connectivity index (χ2v) is 3.67. The quantitative estimate of drug-likeness (QED) is 0.643. The first-order valence-corrected chi connectivity index (χ1v) is 4.48. The number of halogens is 1. The average molecular weight is 195 g/mol. The van der Waals surface area contributed by atoms with Crippen LogP contribution in [0.1, 0.15) is 5.56 Å². The van der Waals surface area contributed by atoms with Crippen molar-refractivity contribution in [3.63, 3.8) is 0 Å². The van der Waals surface area contributed by atoms with Crippen LogP contribution in [0.25, 0.3) is 10.9 Å². The Labute approximate surface area is 81.9 Å². The standard InChI is InChI=1S/C10H11ClN2/c1-6-7-3-4-13(2)10(7)9(12)5-8(6)11/h3-5H,12H2,1-2H3. The summed E-state index contributed by atoms with van der Waals surface area (Å²) in [4.78, 5) is 0. The van der Waals surface area contributed by atoms with Gasteiger partial charge in [-0.15, -0.1) is 0 Å². The number of benzene rings is 1. The summed E-state index contributed by atoms with van der Waals surface area (Å²) >= 11 is 6.01. The third kappa shape index (κ3) is 1.10. The number of nitrogens with two attached hydrogens (primary N) is 1. The summed E-state index contributed by atoms with van der Waals surface area (Å²) < 4.78 is 2.01. The van der Waals surface area contributed by atoms with Gasteiger partial charge in [-0.05, 0) is 24.6 Å². The number of hydrogen-bond acceptors (Lipinski definition) is 1. The molecule has 2 N–H and O–H groups in total. The van der Waals surface area contributed by atoms with Crippen LogP contribution in [-0.4, -0.2) is 4.57 Å². The van der Waals surface area contributed by atoms with E-state index in [4.69, 9.17) is 17.3 Å². The molecule has 0 unspecified atom stereocenters. The SMILES string of the molecule is Cc1c(Cl)cc(N)c2c1ccn2C. The van der Waals surface area contributed by atoms with Crippen molar-refractivity contribution in [3.8, 4) is 0 Å². The maximum Gasteiger partial charge on any atom is 0.0714 e. The minimum absolute atomic E-state index is 0.733. The van der Waals surface area contributed by atoms with Crippen LogP contribution in [0.2, 0.25) is 5.02 Å². The lowest BCUT2D eigenvalue weighted by Crippen LogP contribution is -1.93. The highest BCUT2D eigenvalue weighted by Gasteiger charge is 2.07. The maximum absolute atomic E-state index is 6.01. The van der Waals surface area contributed by atoms with E-state index in [0.717, 1.165) is 27.2 Å². The van der Waals surface area contributed by atoms with Crippen LogP contribution in [0.15, 0.2) is 18.3 Å². The van der Waals surface area contributed by atoms with Gasteiger partial charge in [-0.2, -0.15) is 0 Å². The molecule has 0 fully saturated rings. The molecule has 1 heterocycles. The lowest BCUT2D eigenvalue weighted by Gasteiger charge is -2.05. The number of hydrogen-bond donors (Lipinski definition) is 1. The highest BCUT2D eigenvalue weighted by Crippen LogP contribution is 2.30. The van der Waals surface area contributed by atoms with Crippen LogP contribution in [0.5, 0.6) is 0 Å². The van der Waals surface area contributed by atoms with Crippen molar-refractivity contribution >= 4 is 28.2 Å². The molecule has 1 aromatic heterocycles. The van der Waals surface area contributed by atoms with E-state index < -0.39 is 0 Å². The number of anilines is 1. The van der Waals surface area contributed by atoms with E-state index in [-0.39, 0.29) is 0 Å². The van der Waals surface area contributed by atoms with Crippen molar-refractivity contribution in [2.75, 3.05) is 5.73 Å². The Morgan fingerprint density at radius 1 is 1.46 bits per heavy atom. The summed E-state index contributed by atoms with van der Waals surface area (Å²) in [5.74, 6) is 0. The molecule has 0 bridgehead atoms. The normalized spacial score (nSPS) is 11.0. The predicted octanol–water partition coefficient (Wildman–Crippen LogP) is 2.72. The van der Waals surface area contributed by atoms with E-state index in [1.807, 2.05) is 30.8 Å². The molecule has 0 amide bonds. The van der Waals surface area contributed by atoms with Gasteiger partial charge in [0.25, 0.3) is 0 Å². The molecule has 0 atom stereocenters. The van der Waals surface area contributed by atoms with Gasteiger partial charge in [0.05, 0.1) is 11.2 Å². The van der Waals surface area contributed by atoms with Gasteiger partial charge in [-0.3, -0.25) is 0 Å². The third-order valence-corrected chi connectivity index (χ3v) is 2.78. The van der Waals surface area contributed by atoms with Crippen LogP contribution in [0.4, 0.5) is 5.69 Å². The van der Waals surface area contributed by atoms with Crippen LogP contribution in [0.3, 0.4) is 0 Å². The van der Waals surface area contributed by atoms with Gasteiger partial charge in [0.15, 0.2) is 0 Å². The molecule has 2 nitrogen and oxygen atoms in total. The molecule has 0 radical (unpaired) electrons. The smallest absolute Gasteiger partial charge is 0.0714 e. The van der Waals surface area contributed by atoms with Crippen LogP contribution >= 0.6 is 11.6 Å². The van der Waals surface area contributed by atoms with Crippen molar-refractivity contribution in [1.29, 1.82) is 0 Å². The maximum atomic E-state index is 6.01. The van der Waals surface area contributed by atoms with Gasteiger partial charge in [-0.1, -0.05) is 11.6 Å².